The number of hydrogen-bond acceptors (Lipinski definition) is 4. The van der Waals surface area contributed by atoms with Gasteiger partial charge in [-0.25, -0.2) is 4.98 Å². The molecule has 0 aliphatic heterocycles. The van der Waals surface area contributed by atoms with Gasteiger partial charge in [-0.3, -0.25) is 14.2 Å². The van der Waals surface area contributed by atoms with Crippen molar-refractivity contribution in [1.29, 1.82) is 0 Å². The fraction of sp³-hybridized carbons (Fsp3) is 0.208. The van der Waals surface area contributed by atoms with Crippen molar-refractivity contribution in [3.8, 4) is 11.1 Å². The van der Waals surface area contributed by atoms with Crippen LogP contribution in [0.15, 0.2) is 58.7 Å². The second kappa shape index (κ2) is 7.76. The Labute approximate surface area is 173 Å². The van der Waals surface area contributed by atoms with Crippen LogP contribution in [-0.2, 0) is 13.0 Å². The monoisotopic (exact) mass is 402 g/mol. The Morgan fingerprint density at radius 2 is 1.83 bits per heavy atom. The van der Waals surface area contributed by atoms with Gasteiger partial charge < -0.3 is 0 Å². The van der Waals surface area contributed by atoms with Crippen LogP contribution in [0.25, 0.3) is 21.3 Å². The lowest BCUT2D eigenvalue weighted by atomic mass is 10.0. The van der Waals surface area contributed by atoms with Crippen molar-refractivity contribution in [3.05, 3.63) is 86.8 Å². The molecule has 4 rings (SSSR count). The number of nitrogens with zero attached hydrogens (tertiary/aromatic N) is 2. The zero-order valence-corrected chi connectivity index (χ0v) is 17.5. The van der Waals surface area contributed by atoms with Gasteiger partial charge in [-0.1, -0.05) is 49.4 Å². The highest BCUT2D eigenvalue weighted by molar-refractivity contribution is 7.17. The Bertz CT molecular complexity index is 1270. The molecule has 0 saturated heterocycles. The van der Waals surface area contributed by atoms with E-state index in [2.05, 4.69) is 0 Å². The summed E-state index contributed by atoms with van der Waals surface area (Å²) in [6.45, 7) is 5.96. The van der Waals surface area contributed by atoms with E-state index in [1.807, 2.05) is 74.7 Å². The topological polar surface area (TPSA) is 52.0 Å². The third-order valence-corrected chi connectivity index (χ3v) is 6.18. The van der Waals surface area contributed by atoms with Crippen molar-refractivity contribution in [2.24, 2.45) is 0 Å². The predicted molar refractivity (Wildman–Crippen MR) is 119 cm³/mol. The molecule has 0 aliphatic carbocycles. The van der Waals surface area contributed by atoms with Gasteiger partial charge in [0.2, 0.25) is 0 Å². The van der Waals surface area contributed by atoms with Gasteiger partial charge in [0.1, 0.15) is 10.7 Å². The number of carbonyl (C=O) groups excluding carboxylic acids is 1. The number of carbonyl (C=O) groups is 1. The standard InChI is InChI=1S/C24H22N2O2S/c1-4-21-25-23-22(19(14-29-23)17-8-6-5-7-9-17)24(28)26(21)13-20(27)18-11-10-15(2)16(3)12-18/h5-12,14H,4,13H2,1-3H3. The number of Topliss-reactive ketones (excluding diaryl/α,β-unsaturated/α-hetero) is 1. The van der Waals surface area contributed by atoms with E-state index in [-0.39, 0.29) is 17.9 Å². The molecule has 2 heterocycles. The number of aryl methyl sites for hydroxylation is 3. The number of hydrogen-bond donors (Lipinski definition) is 0. The third kappa shape index (κ3) is 3.54. The molecule has 0 unspecified atom stereocenters. The molecule has 146 valence electrons. The average Bonchev–Trinajstić information content (AvgIpc) is 3.16. The molecule has 0 fully saturated rings. The highest BCUT2D eigenvalue weighted by Crippen LogP contribution is 2.31. The van der Waals surface area contributed by atoms with Crippen molar-refractivity contribution >= 4 is 27.3 Å². The molecule has 0 bridgehead atoms. The molecule has 2 aromatic carbocycles. The van der Waals surface area contributed by atoms with Gasteiger partial charge in [-0.15, -0.1) is 11.3 Å². The first-order valence-corrected chi connectivity index (χ1v) is 10.5. The molecule has 4 nitrogen and oxygen atoms in total. The molecule has 4 aromatic rings. The lowest BCUT2D eigenvalue weighted by Crippen LogP contribution is -2.28. The van der Waals surface area contributed by atoms with Gasteiger partial charge in [-0.2, -0.15) is 0 Å². The van der Waals surface area contributed by atoms with Crippen molar-refractivity contribution in [3.63, 3.8) is 0 Å². The normalized spacial score (nSPS) is 11.1. The summed E-state index contributed by atoms with van der Waals surface area (Å²) in [5, 5.41) is 2.56. The maximum Gasteiger partial charge on any atom is 0.263 e. The summed E-state index contributed by atoms with van der Waals surface area (Å²) in [6, 6.07) is 15.5. The first kappa shape index (κ1) is 19.3. The molecular weight excluding hydrogens is 380 g/mol. The summed E-state index contributed by atoms with van der Waals surface area (Å²) in [5.74, 6) is 0.559. The number of thiophene rings is 1. The van der Waals surface area contributed by atoms with E-state index < -0.39 is 0 Å². The molecule has 2 aromatic heterocycles. The van der Waals surface area contributed by atoms with Crippen molar-refractivity contribution in [2.75, 3.05) is 0 Å². The van der Waals surface area contributed by atoms with Crippen LogP contribution in [-0.4, -0.2) is 15.3 Å². The summed E-state index contributed by atoms with van der Waals surface area (Å²) >= 11 is 1.47. The van der Waals surface area contributed by atoms with Crippen LogP contribution in [0.3, 0.4) is 0 Å². The number of rotatable bonds is 5. The lowest BCUT2D eigenvalue weighted by molar-refractivity contribution is 0.0969. The minimum Gasteiger partial charge on any atom is -0.292 e. The van der Waals surface area contributed by atoms with E-state index in [1.165, 1.54) is 11.3 Å². The van der Waals surface area contributed by atoms with Gasteiger partial charge in [0.15, 0.2) is 5.78 Å². The fourth-order valence-electron chi connectivity index (χ4n) is 3.48. The SMILES string of the molecule is CCc1nc2scc(-c3ccccc3)c2c(=O)n1CC(=O)c1ccc(C)c(C)c1. The maximum absolute atomic E-state index is 13.4. The first-order chi connectivity index (χ1) is 14.0. The fourth-order valence-corrected chi connectivity index (χ4v) is 4.44. The Hall–Kier alpha value is -3.05. The highest BCUT2D eigenvalue weighted by Gasteiger charge is 2.18. The lowest BCUT2D eigenvalue weighted by Gasteiger charge is -2.12. The summed E-state index contributed by atoms with van der Waals surface area (Å²) in [4.78, 5) is 31.8. The molecule has 0 saturated carbocycles. The Kier molecular flexibility index (Phi) is 5.16. The van der Waals surface area contributed by atoms with E-state index in [0.717, 1.165) is 27.1 Å². The van der Waals surface area contributed by atoms with Crippen molar-refractivity contribution in [1.82, 2.24) is 9.55 Å². The Balaban J connectivity index is 1.83. The summed E-state index contributed by atoms with van der Waals surface area (Å²) in [7, 11) is 0. The Morgan fingerprint density at radius 1 is 1.07 bits per heavy atom. The van der Waals surface area contributed by atoms with Gasteiger partial charge in [0, 0.05) is 22.9 Å². The second-order valence-corrected chi connectivity index (χ2v) is 8.05. The first-order valence-electron chi connectivity index (χ1n) is 9.66. The molecule has 0 radical (unpaired) electrons. The summed E-state index contributed by atoms with van der Waals surface area (Å²) in [5.41, 5.74) is 4.53. The Morgan fingerprint density at radius 3 is 2.52 bits per heavy atom. The van der Waals surface area contributed by atoms with E-state index in [9.17, 15) is 9.59 Å². The van der Waals surface area contributed by atoms with Crippen LogP contribution in [0.5, 0.6) is 0 Å². The molecule has 0 amide bonds. The number of aromatic nitrogens is 2. The van der Waals surface area contributed by atoms with E-state index in [1.54, 1.807) is 4.57 Å². The van der Waals surface area contributed by atoms with Crippen LogP contribution in [0.2, 0.25) is 0 Å². The number of ketones is 1. The average molecular weight is 403 g/mol. The minimum absolute atomic E-state index is 0.00246. The molecule has 0 spiro atoms. The smallest absolute Gasteiger partial charge is 0.263 e. The zero-order chi connectivity index (χ0) is 20.5. The molecule has 29 heavy (non-hydrogen) atoms. The van der Waals surface area contributed by atoms with E-state index >= 15 is 0 Å². The van der Waals surface area contributed by atoms with Gasteiger partial charge in [0.05, 0.1) is 11.9 Å². The van der Waals surface area contributed by atoms with Crippen LogP contribution in [0, 0.1) is 13.8 Å². The predicted octanol–water partition coefficient (Wildman–Crippen LogP) is 5.19. The van der Waals surface area contributed by atoms with Crippen molar-refractivity contribution < 1.29 is 4.79 Å². The second-order valence-electron chi connectivity index (χ2n) is 7.19. The van der Waals surface area contributed by atoms with E-state index in [4.69, 9.17) is 4.98 Å². The van der Waals surface area contributed by atoms with Gasteiger partial charge in [0.25, 0.3) is 5.56 Å². The maximum atomic E-state index is 13.4. The molecular formula is C24H22N2O2S. The molecule has 0 atom stereocenters. The number of fused-ring (bicyclic) bond motifs is 1. The summed E-state index contributed by atoms with van der Waals surface area (Å²) < 4.78 is 1.54. The van der Waals surface area contributed by atoms with E-state index in [0.29, 0.717) is 23.2 Å². The minimum atomic E-state index is -0.149. The van der Waals surface area contributed by atoms with Gasteiger partial charge in [-0.05, 0) is 36.6 Å². The highest BCUT2D eigenvalue weighted by atomic mass is 32.1. The van der Waals surface area contributed by atoms with Gasteiger partial charge >= 0.3 is 0 Å². The zero-order valence-electron chi connectivity index (χ0n) is 16.7. The van der Waals surface area contributed by atoms with Crippen LogP contribution in [0.1, 0.15) is 34.2 Å². The quantitative estimate of drug-likeness (QED) is 0.432. The van der Waals surface area contributed by atoms with Crippen molar-refractivity contribution in [2.45, 2.75) is 33.7 Å². The van der Waals surface area contributed by atoms with Crippen LogP contribution >= 0.6 is 11.3 Å². The van der Waals surface area contributed by atoms with Crippen LogP contribution in [0.4, 0.5) is 0 Å². The number of benzene rings is 2. The van der Waals surface area contributed by atoms with Crippen LogP contribution < -0.4 is 5.56 Å². The molecule has 0 N–H and O–H groups in total. The molecule has 0 aliphatic rings. The largest absolute Gasteiger partial charge is 0.292 e. The third-order valence-electron chi connectivity index (χ3n) is 5.30. The summed E-state index contributed by atoms with van der Waals surface area (Å²) in [6.07, 6.45) is 0.587. The molecule has 5 heteroatoms.